The van der Waals surface area contributed by atoms with Gasteiger partial charge in [0.05, 0.1) is 6.10 Å². The summed E-state index contributed by atoms with van der Waals surface area (Å²) < 4.78 is 5.37. The maximum Gasteiger partial charge on any atom is 0.244 e. The number of aromatic hydroxyl groups is 1. The number of hydrogen-bond acceptors (Lipinski definition) is 3. The van der Waals surface area contributed by atoms with Crippen LogP contribution in [0.3, 0.4) is 0 Å². The van der Waals surface area contributed by atoms with Gasteiger partial charge in [0.2, 0.25) is 5.91 Å². The van der Waals surface area contributed by atoms with Gasteiger partial charge >= 0.3 is 0 Å². The molecule has 0 saturated carbocycles. The molecule has 4 nitrogen and oxygen atoms in total. The Kier molecular flexibility index (Phi) is 5.74. The van der Waals surface area contributed by atoms with Gasteiger partial charge in [-0.25, -0.2) is 0 Å². The number of hydrogen-bond donors (Lipinski definition) is 2. The summed E-state index contributed by atoms with van der Waals surface area (Å²) in [6.07, 6.45) is 3.01. The Morgan fingerprint density at radius 1 is 1.18 bits per heavy atom. The van der Waals surface area contributed by atoms with Gasteiger partial charge in [-0.2, -0.15) is 0 Å². The number of nitrogens with one attached hydrogen (secondary N) is 1. The van der Waals surface area contributed by atoms with Crippen LogP contribution < -0.4 is 5.32 Å². The molecule has 2 rings (SSSR count). The molecule has 0 aromatic heterocycles. The number of carbonyl (C=O) groups is 1. The van der Waals surface area contributed by atoms with Gasteiger partial charge in [-0.05, 0) is 29.3 Å². The van der Waals surface area contributed by atoms with E-state index in [1.165, 1.54) is 6.08 Å². The van der Waals surface area contributed by atoms with Crippen LogP contribution in [0, 0.1) is 0 Å². The number of amides is 1. The van der Waals surface area contributed by atoms with E-state index in [1.807, 2.05) is 30.3 Å². The molecule has 0 heterocycles. The van der Waals surface area contributed by atoms with Crippen LogP contribution in [0.25, 0.3) is 6.08 Å². The number of rotatable bonds is 6. The van der Waals surface area contributed by atoms with E-state index in [4.69, 9.17) is 4.74 Å². The van der Waals surface area contributed by atoms with Crippen molar-refractivity contribution >= 4 is 12.0 Å². The van der Waals surface area contributed by atoms with Crippen molar-refractivity contribution in [3.63, 3.8) is 0 Å². The van der Waals surface area contributed by atoms with E-state index >= 15 is 0 Å². The summed E-state index contributed by atoms with van der Waals surface area (Å²) >= 11 is 0. The highest BCUT2D eigenvalue weighted by Gasteiger charge is 2.11. The highest BCUT2D eigenvalue weighted by molar-refractivity contribution is 5.91. The van der Waals surface area contributed by atoms with Gasteiger partial charge < -0.3 is 15.2 Å². The molecule has 0 aliphatic rings. The van der Waals surface area contributed by atoms with Crippen LogP contribution in [-0.2, 0) is 9.53 Å². The van der Waals surface area contributed by atoms with Gasteiger partial charge in [-0.3, -0.25) is 4.79 Å². The molecule has 2 aromatic rings. The van der Waals surface area contributed by atoms with Crippen molar-refractivity contribution in [3.8, 4) is 5.75 Å². The normalized spacial score (nSPS) is 12.2. The van der Waals surface area contributed by atoms with E-state index in [1.54, 1.807) is 37.5 Å². The van der Waals surface area contributed by atoms with Gasteiger partial charge in [0.1, 0.15) is 5.75 Å². The van der Waals surface area contributed by atoms with Crippen molar-refractivity contribution in [2.45, 2.75) is 6.10 Å². The summed E-state index contributed by atoms with van der Waals surface area (Å²) in [6, 6.07) is 16.4. The Bertz CT molecular complexity index is 621. The maximum atomic E-state index is 11.8. The zero-order chi connectivity index (χ0) is 15.8. The van der Waals surface area contributed by atoms with Crippen LogP contribution in [0.15, 0.2) is 60.7 Å². The van der Waals surface area contributed by atoms with Crippen LogP contribution in [0.4, 0.5) is 0 Å². The maximum absolute atomic E-state index is 11.8. The number of benzene rings is 2. The predicted octanol–water partition coefficient (Wildman–Crippen LogP) is 2.91. The minimum atomic E-state index is -0.255. The van der Waals surface area contributed by atoms with E-state index in [2.05, 4.69) is 5.32 Å². The van der Waals surface area contributed by atoms with E-state index in [0.717, 1.165) is 11.1 Å². The van der Waals surface area contributed by atoms with Crippen LogP contribution in [-0.4, -0.2) is 24.7 Å². The third-order valence-corrected chi connectivity index (χ3v) is 3.24. The topological polar surface area (TPSA) is 58.6 Å². The summed E-state index contributed by atoms with van der Waals surface area (Å²) in [5.74, 6) is 0.0260. The van der Waals surface area contributed by atoms with Gasteiger partial charge in [0.25, 0.3) is 0 Å². The molecule has 0 unspecified atom stereocenters. The summed E-state index contributed by atoms with van der Waals surface area (Å²) in [6.45, 7) is 0.360. The first-order valence-corrected chi connectivity index (χ1v) is 7.01. The van der Waals surface area contributed by atoms with E-state index in [0.29, 0.717) is 6.54 Å². The standard InChI is InChI=1S/C18H19NO3/c1-22-17(15-8-10-16(20)11-9-15)13-19-18(21)12-7-14-5-3-2-4-6-14/h2-12,17,20H,13H2,1H3,(H,19,21)/b12-7+/t17-/m0/s1. The third-order valence-electron chi connectivity index (χ3n) is 3.24. The van der Waals surface area contributed by atoms with E-state index in [9.17, 15) is 9.90 Å². The zero-order valence-corrected chi connectivity index (χ0v) is 12.4. The molecule has 0 radical (unpaired) electrons. The Hall–Kier alpha value is -2.59. The third kappa shape index (κ3) is 4.75. The molecule has 0 aliphatic carbocycles. The Morgan fingerprint density at radius 3 is 2.50 bits per heavy atom. The fraction of sp³-hybridized carbons (Fsp3) is 0.167. The van der Waals surface area contributed by atoms with E-state index in [-0.39, 0.29) is 17.8 Å². The first-order valence-electron chi connectivity index (χ1n) is 7.01. The summed E-state index contributed by atoms with van der Waals surface area (Å²) in [5.41, 5.74) is 1.87. The van der Waals surface area contributed by atoms with Crippen molar-refractivity contribution in [2.24, 2.45) is 0 Å². The molecule has 22 heavy (non-hydrogen) atoms. The van der Waals surface area contributed by atoms with Crippen LogP contribution in [0.2, 0.25) is 0 Å². The van der Waals surface area contributed by atoms with Crippen molar-refractivity contribution in [2.75, 3.05) is 13.7 Å². The lowest BCUT2D eigenvalue weighted by Crippen LogP contribution is -2.27. The number of phenols is 1. The van der Waals surface area contributed by atoms with Crippen LogP contribution in [0.1, 0.15) is 17.2 Å². The Morgan fingerprint density at radius 2 is 1.86 bits per heavy atom. The van der Waals surface area contributed by atoms with Crippen LogP contribution >= 0.6 is 0 Å². The molecule has 1 amide bonds. The molecule has 0 spiro atoms. The Labute approximate surface area is 130 Å². The second kappa shape index (κ2) is 8.00. The molecule has 0 fully saturated rings. The number of ether oxygens (including phenoxy) is 1. The minimum absolute atomic E-state index is 0.176. The SMILES string of the molecule is CO[C@@H](CNC(=O)/C=C/c1ccccc1)c1ccc(O)cc1. The quantitative estimate of drug-likeness (QED) is 0.806. The number of methoxy groups -OCH3 is 1. The number of carbonyl (C=O) groups excluding carboxylic acids is 1. The van der Waals surface area contributed by atoms with E-state index < -0.39 is 0 Å². The lowest BCUT2D eigenvalue weighted by Gasteiger charge is -2.16. The fourth-order valence-electron chi connectivity index (χ4n) is 2.01. The van der Waals surface area contributed by atoms with Crippen LogP contribution in [0.5, 0.6) is 5.75 Å². The smallest absolute Gasteiger partial charge is 0.244 e. The second-order valence-corrected chi connectivity index (χ2v) is 4.81. The summed E-state index contributed by atoms with van der Waals surface area (Å²) in [7, 11) is 1.59. The molecule has 0 bridgehead atoms. The summed E-state index contributed by atoms with van der Waals surface area (Å²) in [4.78, 5) is 11.8. The van der Waals surface area contributed by atoms with Gasteiger partial charge in [0, 0.05) is 19.7 Å². The molecule has 0 saturated heterocycles. The Balaban J connectivity index is 1.89. The lowest BCUT2D eigenvalue weighted by atomic mass is 10.1. The zero-order valence-electron chi connectivity index (χ0n) is 12.4. The molecular formula is C18H19NO3. The largest absolute Gasteiger partial charge is 0.508 e. The van der Waals surface area contributed by atoms with Crippen molar-refractivity contribution in [1.82, 2.24) is 5.32 Å². The monoisotopic (exact) mass is 297 g/mol. The molecule has 2 N–H and O–H groups in total. The second-order valence-electron chi connectivity index (χ2n) is 4.81. The fourth-order valence-corrected chi connectivity index (χ4v) is 2.01. The van der Waals surface area contributed by atoms with Gasteiger partial charge in [0.15, 0.2) is 0 Å². The number of phenolic OH excluding ortho intramolecular Hbond substituents is 1. The highest BCUT2D eigenvalue weighted by Crippen LogP contribution is 2.18. The molecule has 114 valence electrons. The first kappa shape index (κ1) is 15.8. The molecule has 4 heteroatoms. The van der Waals surface area contributed by atoms with Gasteiger partial charge in [-0.15, -0.1) is 0 Å². The lowest BCUT2D eigenvalue weighted by molar-refractivity contribution is -0.117. The highest BCUT2D eigenvalue weighted by atomic mass is 16.5. The minimum Gasteiger partial charge on any atom is -0.508 e. The van der Waals surface area contributed by atoms with Crippen molar-refractivity contribution < 1.29 is 14.6 Å². The van der Waals surface area contributed by atoms with Gasteiger partial charge in [-0.1, -0.05) is 42.5 Å². The summed E-state index contributed by atoms with van der Waals surface area (Å²) in [5, 5.41) is 12.1. The average molecular weight is 297 g/mol. The molecule has 1 atom stereocenters. The molecule has 0 aliphatic heterocycles. The van der Waals surface area contributed by atoms with Crippen molar-refractivity contribution in [3.05, 3.63) is 71.8 Å². The predicted molar refractivity (Wildman–Crippen MR) is 86.3 cm³/mol. The van der Waals surface area contributed by atoms with Crippen molar-refractivity contribution in [1.29, 1.82) is 0 Å². The molecule has 2 aromatic carbocycles. The first-order chi connectivity index (χ1) is 10.7. The average Bonchev–Trinajstić information content (AvgIpc) is 2.56. The molecular weight excluding hydrogens is 278 g/mol.